The maximum Gasteiger partial charge on any atom is 0.226 e. The van der Waals surface area contributed by atoms with Crippen molar-refractivity contribution in [3.8, 4) is 0 Å². The van der Waals surface area contributed by atoms with Gasteiger partial charge < -0.3 is 10.2 Å². The number of nitrogens with zero attached hydrogens (tertiary/aromatic N) is 1. The second kappa shape index (κ2) is 5.92. The van der Waals surface area contributed by atoms with Crippen molar-refractivity contribution in [2.24, 2.45) is 5.92 Å². The number of rotatable bonds is 2. The zero-order valence-electron chi connectivity index (χ0n) is 10.1. The Morgan fingerprint density at radius 1 is 1.50 bits per heavy atom. The van der Waals surface area contributed by atoms with Crippen LogP contribution in [-0.2, 0) is 4.79 Å². The van der Waals surface area contributed by atoms with Crippen LogP contribution in [0.4, 0.5) is 0 Å². The number of carbonyl (C=O) groups is 1. The Balaban J connectivity index is 1.88. The molecule has 92 valence electrons. The molecule has 2 atom stereocenters. The predicted molar refractivity (Wildman–Crippen MR) is 68.7 cm³/mol. The lowest BCUT2D eigenvalue weighted by Crippen LogP contribution is -2.40. The van der Waals surface area contributed by atoms with Crippen LogP contribution in [0.3, 0.4) is 0 Å². The predicted octanol–water partition coefficient (Wildman–Crippen LogP) is 1.34. The van der Waals surface area contributed by atoms with Crippen LogP contribution >= 0.6 is 11.8 Å². The summed E-state index contributed by atoms with van der Waals surface area (Å²) in [5.41, 5.74) is 0. The van der Waals surface area contributed by atoms with Gasteiger partial charge in [-0.25, -0.2) is 0 Å². The topological polar surface area (TPSA) is 32.3 Å². The van der Waals surface area contributed by atoms with Gasteiger partial charge in [-0.3, -0.25) is 4.79 Å². The minimum Gasteiger partial charge on any atom is -0.340 e. The molecule has 1 amide bonds. The van der Waals surface area contributed by atoms with Crippen LogP contribution in [0, 0.1) is 5.92 Å². The van der Waals surface area contributed by atoms with Crippen molar-refractivity contribution in [1.82, 2.24) is 10.2 Å². The Labute approximate surface area is 102 Å². The summed E-state index contributed by atoms with van der Waals surface area (Å²) in [5, 5.41) is 4.01. The van der Waals surface area contributed by atoms with Crippen LogP contribution in [-0.4, -0.2) is 48.0 Å². The molecule has 0 aromatic rings. The van der Waals surface area contributed by atoms with E-state index in [1.807, 2.05) is 6.92 Å². The minimum atomic E-state index is 0.149. The molecular weight excluding hydrogens is 220 g/mol. The molecule has 2 aliphatic rings. The fourth-order valence-corrected chi connectivity index (χ4v) is 3.74. The number of hydrogen-bond acceptors (Lipinski definition) is 3. The normalized spacial score (nSPS) is 32.6. The van der Waals surface area contributed by atoms with Crippen molar-refractivity contribution in [3.63, 3.8) is 0 Å². The maximum absolute atomic E-state index is 12.1. The number of thioether (sulfide) groups is 1. The van der Waals surface area contributed by atoms with Crippen LogP contribution in [0.2, 0.25) is 0 Å². The third kappa shape index (κ3) is 3.14. The molecule has 2 heterocycles. The quantitative estimate of drug-likeness (QED) is 0.793. The van der Waals surface area contributed by atoms with E-state index in [1.54, 1.807) is 0 Å². The average molecular weight is 242 g/mol. The molecule has 0 saturated carbocycles. The van der Waals surface area contributed by atoms with Crippen LogP contribution in [0.1, 0.15) is 26.2 Å². The molecule has 2 rings (SSSR count). The zero-order chi connectivity index (χ0) is 11.4. The summed E-state index contributed by atoms with van der Waals surface area (Å²) in [4.78, 5) is 14.2. The van der Waals surface area contributed by atoms with E-state index in [1.165, 1.54) is 25.0 Å². The van der Waals surface area contributed by atoms with Gasteiger partial charge in [0.15, 0.2) is 0 Å². The number of carbonyl (C=O) groups excluding carboxylic acids is 1. The van der Waals surface area contributed by atoms with Gasteiger partial charge in [0.25, 0.3) is 0 Å². The molecule has 2 saturated heterocycles. The van der Waals surface area contributed by atoms with E-state index in [-0.39, 0.29) is 5.92 Å². The van der Waals surface area contributed by atoms with Gasteiger partial charge in [-0.1, -0.05) is 13.3 Å². The summed E-state index contributed by atoms with van der Waals surface area (Å²) in [7, 11) is 0. The molecule has 0 spiro atoms. The van der Waals surface area contributed by atoms with Gasteiger partial charge in [-0.2, -0.15) is 11.8 Å². The van der Waals surface area contributed by atoms with Crippen LogP contribution < -0.4 is 5.32 Å². The lowest BCUT2D eigenvalue weighted by Gasteiger charge is -2.29. The molecule has 16 heavy (non-hydrogen) atoms. The molecule has 1 N–H and O–H groups in total. The molecule has 2 fully saturated rings. The van der Waals surface area contributed by atoms with Crippen LogP contribution in [0.15, 0.2) is 0 Å². The largest absolute Gasteiger partial charge is 0.340 e. The first kappa shape index (κ1) is 12.2. The Morgan fingerprint density at radius 3 is 3.12 bits per heavy atom. The van der Waals surface area contributed by atoms with Gasteiger partial charge in [0.2, 0.25) is 5.91 Å². The van der Waals surface area contributed by atoms with Gasteiger partial charge in [0, 0.05) is 37.3 Å². The van der Waals surface area contributed by atoms with Crippen molar-refractivity contribution in [2.75, 3.05) is 31.9 Å². The Bertz CT molecular complexity index is 241. The highest BCUT2D eigenvalue weighted by molar-refractivity contribution is 7.99. The van der Waals surface area contributed by atoms with Crippen LogP contribution in [0.5, 0.6) is 0 Å². The lowest BCUT2D eigenvalue weighted by atomic mass is 10.1. The highest BCUT2D eigenvalue weighted by Crippen LogP contribution is 2.26. The Hall–Kier alpha value is -0.220. The van der Waals surface area contributed by atoms with Gasteiger partial charge in [-0.15, -0.1) is 0 Å². The number of hydrogen-bond donors (Lipinski definition) is 1. The minimum absolute atomic E-state index is 0.149. The molecular formula is C12H22N2OS. The summed E-state index contributed by atoms with van der Waals surface area (Å²) in [6.07, 6.45) is 3.98. The lowest BCUT2D eigenvalue weighted by molar-refractivity contribution is -0.133. The molecule has 0 aromatic carbocycles. The van der Waals surface area contributed by atoms with E-state index in [4.69, 9.17) is 0 Å². The van der Waals surface area contributed by atoms with E-state index < -0.39 is 0 Å². The molecule has 2 unspecified atom stereocenters. The highest BCUT2D eigenvalue weighted by Gasteiger charge is 2.26. The second-order valence-electron chi connectivity index (χ2n) is 4.88. The van der Waals surface area contributed by atoms with E-state index >= 15 is 0 Å². The van der Waals surface area contributed by atoms with Gasteiger partial charge in [0.05, 0.1) is 0 Å². The average Bonchev–Trinajstić information content (AvgIpc) is 2.46. The van der Waals surface area contributed by atoms with Crippen molar-refractivity contribution >= 4 is 17.7 Å². The SMILES string of the molecule is CC1CNCCN(CC2CCCCS2)C1=O. The number of nitrogens with one attached hydrogen (secondary N) is 1. The fraction of sp³-hybridized carbons (Fsp3) is 0.917. The van der Waals surface area contributed by atoms with Crippen molar-refractivity contribution in [2.45, 2.75) is 31.4 Å². The summed E-state index contributed by atoms with van der Waals surface area (Å²) in [6, 6.07) is 0. The van der Waals surface area contributed by atoms with E-state index in [0.29, 0.717) is 11.2 Å². The standard InChI is InChI=1S/C12H22N2OS/c1-10-8-13-5-6-14(12(10)15)9-11-4-2-3-7-16-11/h10-11,13H,2-9H2,1H3. The highest BCUT2D eigenvalue weighted by atomic mass is 32.2. The molecule has 0 aromatic heterocycles. The molecule has 4 heteroatoms. The summed E-state index contributed by atoms with van der Waals surface area (Å²) in [5.74, 6) is 1.77. The van der Waals surface area contributed by atoms with Gasteiger partial charge in [-0.05, 0) is 18.6 Å². The van der Waals surface area contributed by atoms with Gasteiger partial charge in [0.1, 0.15) is 0 Å². The van der Waals surface area contributed by atoms with Crippen LogP contribution in [0.25, 0.3) is 0 Å². The molecule has 0 bridgehead atoms. The molecule has 2 aliphatic heterocycles. The van der Waals surface area contributed by atoms with E-state index in [9.17, 15) is 4.79 Å². The number of amides is 1. The summed E-state index contributed by atoms with van der Waals surface area (Å²) < 4.78 is 0. The fourth-order valence-electron chi connectivity index (χ4n) is 2.42. The Kier molecular flexibility index (Phi) is 4.53. The summed E-state index contributed by atoms with van der Waals surface area (Å²) >= 11 is 2.05. The van der Waals surface area contributed by atoms with Crippen molar-refractivity contribution in [1.29, 1.82) is 0 Å². The molecule has 3 nitrogen and oxygen atoms in total. The monoisotopic (exact) mass is 242 g/mol. The van der Waals surface area contributed by atoms with E-state index in [0.717, 1.165) is 26.2 Å². The third-order valence-corrected chi connectivity index (χ3v) is 4.82. The zero-order valence-corrected chi connectivity index (χ0v) is 10.9. The molecule has 0 radical (unpaired) electrons. The first-order valence-corrected chi connectivity index (χ1v) is 7.43. The first-order valence-electron chi connectivity index (χ1n) is 6.38. The molecule has 0 aliphatic carbocycles. The summed E-state index contributed by atoms with van der Waals surface area (Å²) in [6.45, 7) is 5.68. The first-order chi connectivity index (χ1) is 7.77. The van der Waals surface area contributed by atoms with E-state index in [2.05, 4.69) is 22.0 Å². The van der Waals surface area contributed by atoms with Gasteiger partial charge >= 0.3 is 0 Å². The smallest absolute Gasteiger partial charge is 0.226 e. The maximum atomic E-state index is 12.1. The second-order valence-corrected chi connectivity index (χ2v) is 6.29. The third-order valence-electron chi connectivity index (χ3n) is 3.44. The Morgan fingerprint density at radius 2 is 2.38 bits per heavy atom. The van der Waals surface area contributed by atoms with Crippen molar-refractivity contribution < 1.29 is 4.79 Å². The van der Waals surface area contributed by atoms with Crippen molar-refractivity contribution in [3.05, 3.63) is 0 Å².